The molecule has 126 valence electrons. The average molecular weight is 320 g/mol. The predicted octanol–water partition coefficient (Wildman–Crippen LogP) is 2.19. The first-order valence-electron chi connectivity index (χ1n) is 7.94. The standard InChI is InChI=1S/C17H24N2O4/c1-18(10-9-16(20)21)15-7-11-19(12-8-15)17(22)23-13-14-5-3-2-4-6-14/h2-6,15H,7-13H2,1H3,(H,20,21). The summed E-state index contributed by atoms with van der Waals surface area (Å²) in [4.78, 5) is 26.5. The van der Waals surface area contributed by atoms with Crippen molar-refractivity contribution in [2.24, 2.45) is 0 Å². The van der Waals surface area contributed by atoms with Gasteiger partial charge in [-0.15, -0.1) is 0 Å². The van der Waals surface area contributed by atoms with E-state index in [4.69, 9.17) is 9.84 Å². The Balaban J connectivity index is 1.71. The highest BCUT2D eigenvalue weighted by Gasteiger charge is 2.26. The summed E-state index contributed by atoms with van der Waals surface area (Å²) in [6.07, 6.45) is 1.56. The molecule has 0 bridgehead atoms. The Bertz CT molecular complexity index is 513. The van der Waals surface area contributed by atoms with Gasteiger partial charge in [-0.05, 0) is 25.5 Å². The zero-order valence-corrected chi connectivity index (χ0v) is 13.5. The quantitative estimate of drug-likeness (QED) is 0.870. The van der Waals surface area contributed by atoms with Gasteiger partial charge in [0, 0.05) is 25.7 Å². The molecule has 1 N–H and O–H groups in total. The molecule has 23 heavy (non-hydrogen) atoms. The topological polar surface area (TPSA) is 70.1 Å². The number of carboxylic acid groups (broad SMARTS) is 1. The van der Waals surface area contributed by atoms with Crippen molar-refractivity contribution in [3.8, 4) is 0 Å². The van der Waals surface area contributed by atoms with Crippen LogP contribution in [0.3, 0.4) is 0 Å². The Kier molecular flexibility index (Phi) is 6.40. The van der Waals surface area contributed by atoms with Crippen molar-refractivity contribution in [3.05, 3.63) is 35.9 Å². The van der Waals surface area contributed by atoms with Crippen LogP contribution < -0.4 is 0 Å². The Morgan fingerprint density at radius 2 is 1.91 bits per heavy atom. The van der Waals surface area contributed by atoms with Crippen molar-refractivity contribution in [1.29, 1.82) is 0 Å². The van der Waals surface area contributed by atoms with Crippen LogP contribution in [0.4, 0.5) is 4.79 Å². The summed E-state index contributed by atoms with van der Waals surface area (Å²) in [6.45, 7) is 2.13. The van der Waals surface area contributed by atoms with Gasteiger partial charge in [-0.25, -0.2) is 4.79 Å². The largest absolute Gasteiger partial charge is 0.481 e. The van der Waals surface area contributed by atoms with Crippen molar-refractivity contribution >= 4 is 12.1 Å². The first-order valence-corrected chi connectivity index (χ1v) is 7.94. The summed E-state index contributed by atoms with van der Waals surface area (Å²) in [5.41, 5.74) is 0.976. The molecule has 1 aliphatic rings. The van der Waals surface area contributed by atoms with Crippen molar-refractivity contribution in [2.45, 2.75) is 31.9 Å². The van der Waals surface area contributed by atoms with Gasteiger partial charge in [0.1, 0.15) is 6.61 Å². The van der Waals surface area contributed by atoms with E-state index in [9.17, 15) is 9.59 Å². The van der Waals surface area contributed by atoms with Crippen LogP contribution in [0, 0.1) is 0 Å². The first kappa shape index (κ1) is 17.3. The van der Waals surface area contributed by atoms with Gasteiger partial charge in [-0.2, -0.15) is 0 Å². The number of carbonyl (C=O) groups excluding carboxylic acids is 1. The molecular formula is C17H24N2O4. The van der Waals surface area contributed by atoms with Gasteiger partial charge in [-0.1, -0.05) is 30.3 Å². The van der Waals surface area contributed by atoms with Crippen LogP contribution in [-0.4, -0.2) is 59.7 Å². The summed E-state index contributed by atoms with van der Waals surface area (Å²) in [7, 11) is 1.94. The number of carboxylic acids is 1. The smallest absolute Gasteiger partial charge is 0.410 e. The molecule has 6 heteroatoms. The van der Waals surface area contributed by atoms with E-state index in [1.54, 1.807) is 4.90 Å². The van der Waals surface area contributed by atoms with Gasteiger partial charge < -0.3 is 19.6 Å². The number of ether oxygens (including phenoxy) is 1. The molecule has 1 saturated heterocycles. The Morgan fingerprint density at radius 3 is 2.52 bits per heavy atom. The number of likely N-dealkylation sites (tertiary alicyclic amines) is 1. The van der Waals surface area contributed by atoms with E-state index in [0.717, 1.165) is 18.4 Å². The molecule has 0 aromatic heterocycles. The summed E-state index contributed by atoms with van der Waals surface area (Å²) in [5.74, 6) is -0.779. The molecule has 6 nitrogen and oxygen atoms in total. The highest BCUT2D eigenvalue weighted by molar-refractivity contribution is 5.68. The number of hydrogen-bond donors (Lipinski definition) is 1. The summed E-state index contributed by atoms with van der Waals surface area (Å²) in [5, 5.41) is 8.73. The molecule has 0 unspecified atom stereocenters. The van der Waals surface area contributed by atoms with E-state index >= 15 is 0 Å². The van der Waals surface area contributed by atoms with Crippen LogP contribution in [0.15, 0.2) is 30.3 Å². The van der Waals surface area contributed by atoms with Crippen LogP contribution in [-0.2, 0) is 16.1 Å². The molecule has 0 radical (unpaired) electrons. The lowest BCUT2D eigenvalue weighted by atomic mass is 10.0. The van der Waals surface area contributed by atoms with E-state index < -0.39 is 5.97 Å². The molecule has 0 spiro atoms. The molecule has 0 aliphatic carbocycles. The highest BCUT2D eigenvalue weighted by Crippen LogP contribution is 2.16. The van der Waals surface area contributed by atoms with E-state index in [1.807, 2.05) is 37.4 Å². The van der Waals surface area contributed by atoms with E-state index in [-0.39, 0.29) is 19.1 Å². The van der Waals surface area contributed by atoms with Crippen LogP contribution in [0.1, 0.15) is 24.8 Å². The van der Waals surface area contributed by atoms with Crippen LogP contribution in [0.5, 0.6) is 0 Å². The maximum Gasteiger partial charge on any atom is 0.410 e. The molecule has 1 amide bonds. The zero-order valence-electron chi connectivity index (χ0n) is 13.5. The maximum absolute atomic E-state index is 12.1. The van der Waals surface area contributed by atoms with Crippen molar-refractivity contribution in [2.75, 3.05) is 26.7 Å². The molecule has 1 aromatic carbocycles. The number of piperidine rings is 1. The van der Waals surface area contributed by atoms with Crippen LogP contribution in [0.2, 0.25) is 0 Å². The molecule has 1 aliphatic heterocycles. The lowest BCUT2D eigenvalue weighted by molar-refractivity contribution is -0.137. The number of carbonyl (C=O) groups is 2. The number of amides is 1. The SMILES string of the molecule is CN(CCC(=O)O)C1CCN(C(=O)OCc2ccccc2)CC1. The normalized spacial score (nSPS) is 15.7. The van der Waals surface area contributed by atoms with Crippen molar-refractivity contribution < 1.29 is 19.4 Å². The van der Waals surface area contributed by atoms with Gasteiger partial charge in [0.2, 0.25) is 0 Å². The van der Waals surface area contributed by atoms with Gasteiger partial charge in [-0.3, -0.25) is 4.79 Å². The molecule has 2 rings (SSSR count). The molecule has 0 atom stereocenters. The van der Waals surface area contributed by atoms with Gasteiger partial charge in [0.15, 0.2) is 0 Å². The second-order valence-electron chi connectivity index (χ2n) is 5.88. The predicted molar refractivity (Wildman–Crippen MR) is 86.1 cm³/mol. The first-order chi connectivity index (χ1) is 11.1. The second kappa shape index (κ2) is 8.53. The summed E-state index contributed by atoms with van der Waals surface area (Å²) in [6, 6.07) is 9.95. The van der Waals surface area contributed by atoms with E-state index in [2.05, 4.69) is 4.90 Å². The zero-order chi connectivity index (χ0) is 16.7. The lowest BCUT2D eigenvalue weighted by Gasteiger charge is -2.36. The average Bonchev–Trinajstić information content (AvgIpc) is 2.58. The van der Waals surface area contributed by atoms with Gasteiger partial charge in [0.05, 0.1) is 6.42 Å². The van der Waals surface area contributed by atoms with Gasteiger partial charge in [0.25, 0.3) is 0 Å². The Hall–Kier alpha value is -2.08. The second-order valence-corrected chi connectivity index (χ2v) is 5.88. The van der Waals surface area contributed by atoms with E-state index in [1.165, 1.54) is 0 Å². The number of aliphatic carboxylic acids is 1. The minimum Gasteiger partial charge on any atom is -0.481 e. The number of nitrogens with zero attached hydrogens (tertiary/aromatic N) is 2. The van der Waals surface area contributed by atoms with Crippen LogP contribution in [0.25, 0.3) is 0 Å². The van der Waals surface area contributed by atoms with Crippen molar-refractivity contribution in [3.63, 3.8) is 0 Å². The highest BCUT2D eigenvalue weighted by atomic mass is 16.6. The Labute approximate surface area is 136 Å². The van der Waals surface area contributed by atoms with Crippen LogP contribution >= 0.6 is 0 Å². The molecule has 0 saturated carbocycles. The minimum absolute atomic E-state index is 0.149. The summed E-state index contributed by atoms with van der Waals surface area (Å²) < 4.78 is 5.34. The number of hydrogen-bond acceptors (Lipinski definition) is 4. The fraction of sp³-hybridized carbons (Fsp3) is 0.529. The minimum atomic E-state index is -0.779. The third-order valence-electron chi connectivity index (χ3n) is 4.23. The number of rotatable bonds is 6. The maximum atomic E-state index is 12.1. The molecular weight excluding hydrogens is 296 g/mol. The van der Waals surface area contributed by atoms with E-state index in [0.29, 0.717) is 25.7 Å². The fourth-order valence-electron chi connectivity index (χ4n) is 2.75. The molecule has 1 fully saturated rings. The number of benzene rings is 1. The van der Waals surface area contributed by atoms with Crippen molar-refractivity contribution in [1.82, 2.24) is 9.80 Å². The molecule has 1 aromatic rings. The third kappa shape index (κ3) is 5.56. The Morgan fingerprint density at radius 1 is 1.26 bits per heavy atom. The third-order valence-corrected chi connectivity index (χ3v) is 4.23. The summed E-state index contributed by atoms with van der Waals surface area (Å²) >= 11 is 0. The fourth-order valence-corrected chi connectivity index (χ4v) is 2.75. The van der Waals surface area contributed by atoms with Gasteiger partial charge >= 0.3 is 12.1 Å². The monoisotopic (exact) mass is 320 g/mol. The molecule has 1 heterocycles. The lowest BCUT2D eigenvalue weighted by Crippen LogP contribution is -2.46.